The van der Waals surface area contributed by atoms with E-state index in [1.165, 1.54) is 11.8 Å². The molecule has 2 aromatic rings. The van der Waals surface area contributed by atoms with Gasteiger partial charge in [0.05, 0.1) is 10.9 Å². The molecule has 1 aliphatic heterocycles. The summed E-state index contributed by atoms with van der Waals surface area (Å²) in [5, 5.41) is 15.1. The Morgan fingerprint density at radius 3 is 2.56 bits per heavy atom. The van der Waals surface area contributed by atoms with E-state index in [0.717, 1.165) is 4.90 Å². The number of thioether (sulfide) groups is 1. The summed E-state index contributed by atoms with van der Waals surface area (Å²) in [7, 11) is 0. The number of carbonyl (C=O) groups excluding carboxylic acids is 2. The molecule has 1 heterocycles. The summed E-state index contributed by atoms with van der Waals surface area (Å²) < 4.78 is 0. The number of hydrogen-bond acceptors (Lipinski definition) is 4. The molecular formula is C20H20N2O4S. The van der Waals surface area contributed by atoms with Gasteiger partial charge in [-0.1, -0.05) is 37.3 Å². The highest BCUT2D eigenvalue weighted by Crippen LogP contribution is 2.36. The first kappa shape index (κ1) is 19.0. The molecule has 0 aliphatic carbocycles. The van der Waals surface area contributed by atoms with Crippen LogP contribution >= 0.6 is 11.8 Å². The molecule has 6 nitrogen and oxygen atoms in total. The van der Waals surface area contributed by atoms with Crippen molar-refractivity contribution in [3.63, 3.8) is 0 Å². The van der Waals surface area contributed by atoms with E-state index in [4.69, 9.17) is 0 Å². The highest BCUT2D eigenvalue weighted by Gasteiger charge is 2.40. The molecule has 27 heavy (non-hydrogen) atoms. The number of carboxylic acid groups (broad SMARTS) is 1. The van der Waals surface area contributed by atoms with Crippen LogP contribution < -0.4 is 10.6 Å². The van der Waals surface area contributed by atoms with Crippen LogP contribution in [-0.4, -0.2) is 28.1 Å². The topological polar surface area (TPSA) is 95.5 Å². The van der Waals surface area contributed by atoms with Crippen LogP contribution in [0.15, 0.2) is 53.4 Å². The summed E-state index contributed by atoms with van der Waals surface area (Å²) in [6.07, 6.45) is 0.188. The van der Waals surface area contributed by atoms with Gasteiger partial charge in [0.25, 0.3) is 5.91 Å². The molecule has 0 spiro atoms. The molecule has 0 bridgehead atoms. The number of nitrogens with one attached hydrogen (secondary N) is 2. The number of hydrogen-bond donors (Lipinski definition) is 3. The standard InChI is InChI=1S/C20H20N2O4S/c1-3-20(19(25)26,14-7-5-4-6-8-14)22-18(24)13-9-10-16-15(11-13)21-17(23)12(2)27-16/h4-12H,3H2,1-2H3,(H,21,23)(H,22,24)(H,25,26). The fraction of sp³-hybridized carbons (Fsp3) is 0.250. The maximum absolute atomic E-state index is 12.8. The van der Waals surface area contributed by atoms with Crippen LogP contribution in [0.5, 0.6) is 0 Å². The van der Waals surface area contributed by atoms with E-state index in [1.54, 1.807) is 55.5 Å². The Balaban J connectivity index is 1.92. The first-order valence-corrected chi connectivity index (χ1v) is 9.48. The van der Waals surface area contributed by atoms with E-state index < -0.39 is 17.4 Å². The number of anilines is 1. The quantitative estimate of drug-likeness (QED) is 0.736. The average Bonchev–Trinajstić information content (AvgIpc) is 2.67. The molecule has 3 rings (SSSR count). The van der Waals surface area contributed by atoms with E-state index in [1.807, 2.05) is 6.92 Å². The van der Waals surface area contributed by atoms with E-state index in [-0.39, 0.29) is 17.6 Å². The van der Waals surface area contributed by atoms with Crippen LogP contribution in [0.4, 0.5) is 5.69 Å². The van der Waals surface area contributed by atoms with Crippen molar-refractivity contribution in [3.05, 3.63) is 59.7 Å². The van der Waals surface area contributed by atoms with Gasteiger partial charge in [-0.3, -0.25) is 9.59 Å². The van der Waals surface area contributed by atoms with Gasteiger partial charge in [0.2, 0.25) is 5.91 Å². The zero-order chi connectivity index (χ0) is 19.6. The molecule has 0 saturated heterocycles. The monoisotopic (exact) mass is 384 g/mol. The van der Waals surface area contributed by atoms with Gasteiger partial charge in [-0.05, 0) is 37.1 Å². The van der Waals surface area contributed by atoms with Gasteiger partial charge in [-0.2, -0.15) is 0 Å². The molecule has 2 aromatic carbocycles. The molecule has 2 amide bonds. The number of fused-ring (bicyclic) bond motifs is 1. The highest BCUT2D eigenvalue weighted by atomic mass is 32.2. The summed E-state index contributed by atoms with van der Waals surface area (Å²) in [5.41, 5.74) is -0.170. The maximum Gasteiger partial charge on any atom is 0.334 e. The molecule has 2 atom stereocenters. The SMILES string of the molecule is CCC(NC(=O)c1ccc2c(c1)NC(=O)C(C)S2)(C(=O)O)c1ccccc1. The number of amides is 2. The van der Waals surface area contributed by atoms with Crippen molar-refractivity contribution in [2.24, 2.45) is 0 Å². The first-order valence-electron chi connectivity index (χ1n) is 8.60. The van der Waals surface area contributed by atoms with Crippen LogP contribution in [-0.2, 0) is 15.1 Å². The second kappa shape index (κ2) is 7.44. The molecule has 0 aromatic heterocycles. The van der Waals surface area contributed by atoms with Crippen LogP contribution in [0.3, 0.4) is 0 Å². The summed E-state index contributed by atoms with van der Waals surface area (Å²) in [4.78, 5) is 37.6. The molecular weight excluding hydrogens is 364 g/mol. The molecule has 0 radical (unpaired) electrons. The van der Waals surface area contributed by atoms with Crippen molar-refractivity contribution in [2.75, 3.05) is 5.32 Å². The molecule has 140 valence electrons. The third-order valence-corrected chi connectivity index (χ3v) is 5.84. The van der Waals surface area contributed by atoms with Crippen molar-refractivity contribution >= 4 is 35.2 Å². The maximum atomic E-state index is 12.8. The molecule has 2 unspecified atom stereocenters. The minimum absolute atomic E-state index is 0.122. The number of benzene rings is 2. The third-order valence-electron chi connectivity index (χ3n) is 4.66. The predicted octanol–water partition coefficient (Wildman–Crippen LogP) is 3.24. The Bertz CT molecular complexity index is 900. The highest BCUT2D eigenvalue weighted by molar-refractivity contribution is 8.00. The lowest BCUT2D eigenvalue weighted by molar-refractivity contribution is -0.145. The number of rotatable bonds is 5. The Labute approximate surface area is 161 Å². The first-order chi connectivity index (χ1) is 12.9. The Morgan fingerprint density at radius 1 is 1.22 bits per heavy atom. The summed E-state index contributed by atoms with van der Waals surface area (Å²) in [6, 6.07) is 13.6. The fourth-order valence-corrected chi connectivity index (χ4v) is 3.96. The minimum atomic E-state index is -1.53. The van der Waals surface area contributed by atoms with Gasteiger partial charge in [0.1, 0.15) is 0 Å². The number of carboxylic acids is 1. The second-order valence-electron chi connectivity index (χ2n) is 6.34. The largest absolute Gasteiger partial charge is 0.479 e. The zero-order valence-corrected chi connectivity index (χ0v) is 15.8. The van der Waals surface area contributed by atoms with Crippen LogP contribution in [0.25, 0.3) is 0 Å². The van der Waals surface area contributed by atoms with Crippen molar-refractivity contribution in [1.82, 2.24) is 5.32 Å². The molecule has 0 saturated carbocycles. The average molecular weight is 384 g/mol. The Hall–Kier alpha value is -2.80. The number of aliphatic carboxylic acids is 1. The smallest absolute Gasteiger partial charge is 0.334 e. The van der Waals surface area contributed by atoms with Crippen molar-refractivity contribution in [3.8, 4) is 0 Å². The molecule has 7 heteroatoms. The van der Waals surface area contributed by atoms with E-state index in [9.17, 15) is 19.5 Å². The second-order valence-corrected chi connectivity index (χ2v) is 7.73. The van der Waals surface area contributed by atoms with Gasteiger partial charge < -0.3 is 15.7 Å². The summed E-state index contributed by atoms with van der Waals surface area (Å²) in [5.74, 6) is -1.76. The van der Waals surface area contributed by atoms with Crippen molar-refractivity contribution in [1.29, 1.82) is 0 Å². The summed E-state index contributed by atoms with van der Waals surface area (Å²) >= 11 is 1.42. The Morgan fingerprint density at radius 2 is 1.93 bits per heavy atom. The number of carbonyl (C=O) groups is 3. The molecule has 0 fully saturated rings. The van der Waals surface area contributed by atoms with Crippen LogP contribution in [0.1, 0.15) is 36.2 Å². The zero-order valence-electron chi connectivity index (χ0n) is 15.0. The lowest BCUT2D eigenvalue weighted by atomic mass is 9.87. The van der Waals surface area contributed by atoms with E-state index in [2.05, 4.69) is 10.6 Å². The normalized spacial score (nSPS) is 18.0. The van der Waals surface area contributed by atoms with Crippen LogP contribution in [0, 0.1) is 0 Å². The van der Waals surface area contributed by atoms with Crippen LogP contribution in [0.2, 0.25) is 0 Å². The fourth-order valence-electron chi connectivity index (χ4n) is 3.03. The lowest BCUT2D eigenvalue weighted by Crippen LogP contribution is -2.51. The summed E-state index contributed by atoms with van der Waals surface area (Å²) in [6.45, 7) is 3.53. The lowest BCUT2D eigenvalue weighted by Gasteiger charge is -2.30. The Kier molecular flexibility index (Phi) is 5.23. The third kappa shape index (κ3) is 3.55. The van der Waals surface area contributed by atoms with Gasteiger partial charge in [-0.25, -0.2) is 4.79 Å². The predicted molar refractivity (Wildman–Crippen MR) is 104 cm³/mol. The van der Waals surface area contributed by atoms with Crippen molar-refractivity contribution in [2.45, 2.75) is 36.0 Å². The minimum Gasteiger partial charge on any atom is -0.479 e. The van der Waals surface area contributed by atoms with E-state index >= 15 is 0 Å². The molecule has 3 N–H and O–H groups in total. The van der Waals surface area contributed by atoms with Gasteiger partial charge >= 0.3 is 5.97 Å². The van der Waals surface area contributed by atoms with Gasteiger partial charge in [0, 0.05) is 10.5 Å². The van der Waals surface area contributed by atoms with Crippen molar-refractivity contribution < 1.29 is 19.5 Å². The molecule has 1 aliphatic rings. The van der Waals surface area contributed by atoms with Gasteiger partial charge in [0.15, 0.2) is 5.54 Å². The van der Waals surface area contributed by atoms with Gasteiger partial charge in [-0.15, -0.1) is 11.8 Å². The van der Waals surface area contributed by atoms with E-state index in [0.29, 0.717) is 16.8 Å².